The Morgan fingerprint density at radius 2 is 1.42 bits per heavy atom. The molecule has 1 nitrogen and oxygen atoms in total. The third-order valence-electron chi connectivity index (χ3n) is 7.08. The first-order chi connectivity index (χ1) is 16.2. The topological polar surface area (TPSA) is 12.9 Å². The molecule has 4 aromatic rings. The van der Waals surface area contributed by atoms with E-state index in [1.807, 2.05) is 23.5 Å². The van der Waals surface area contributed by atoms with Gasteiger partial charge >= 0.3 is 0 Å². The van der Waals surface area contributed by atoms with Gasteiger partial charge in [-0.15, -0.1) is 11.3 Å². The summed E-state index contributed by atoms with van der Waals surface area (Å²) in [5, 5.41) is 0.536. The van der Waals surface area contributed by atoms with Crippen LogP contribution in [0.1, 0.15) is 63.5 Å². The maximum Gasteiger partial charge on any atom is 0.129 e. The molecule has 0 amide bonds. The summed E-state index contributed by atoms with van der Waals surface area (Å²) in [5.74, 6) is 0. The Labute approximate surface area is 206 Å². The van der Waals surface area contributed by atoms with Crippen LogP contribution in [0.3, 0.4) is 0 Å². The number of pyridine rings is 1. The highest BCUT2D eigenvalue weighted by Gasteiger charge is 2.42. The molecule has 0 bridgehead atoms. The van der Waals surface area contributed by atoms with Gasteiger partial charge in [-0.05, 0) is 76.6 Å². The summed E-state index contributed by atoms with van der Waals surface area (Å²) < 4.78 is 0. The second-order valence-electron chi connectivity index (χ2n) is 9.13. The summed E-state index contributed by atoms with van der Waals surface area (Å²) in [6.07, 6.45) is 9.20. The average molecular weight is 472 g/mol. The van der Waals surface area contributed by atoms with Crippen molar-refractivity contribution < 1.29 is 0 Å². The normalized spacial score (nSPS) is 13.7. The first kappa shape index (κ1) is 22.4. The van der Waals surface area contributed by atoms with Crippen LogP contribution >= 0.6 is 22.9 Å². The molecule has 0 atom stereocenters. The maximum atomic E-state index is 6.13. The molecule has 2 aromatic heterocycles. The van der Waals surface area contributed by atoms with Crippen molar-refractivity contribution in [3.05, 3.63) is 89.2 Å². The number of aromatic nitrogens is 1. The summed E-state index contributed by atoms with van der Waals surface area (Å²) >= 11 is 7.96. The van der Waals surface area contributed by atoms with Crippen molar-refractivity contribution in [2.24, 2.45) is 0 Å². The zero-order valence-corrected chi connectivity index (χ0v) is 21.0. The lowest BCUT2D eigenvalue weighted by atomic mass is 9.70. The first-order valence-electron chi connectivity index (χ1n) is 12.1. The Bertz CT molecular complexity index is 1260. The van der Waals surface area contributed by atoms with E-state index in [1.165, 1.54) is 76.1 Å². The van der Waals surface area contributed by atoms with E-state index in [4.69, 9.17) is 11.6 Å². The summed E-state index contributed by atoms with van der Waals surface area (Å²) in [6.45, 7) is 4.62. The molecule has 1 aliphatic carbocycles. The van der Waals surface area contributed by atoms with Gasteiger partial charge in [0.1, 0.15) is 5.15 Å². The van der Waals surface area contributed by atoms with Crippen LogP contribution in [0.4, 0.5) is 0 Å². The van der Waals surface area contributed by atoms with Gasteiger partial charge in [0.2, 0.25) is 0 Å². The lowest BCUT2D eigenvalue weighted by Crippen LogP contribution is -2.25. The standard InChI is InChI=1S/C30H30ClNS/c1-3-5-16-30(17-6-4-2)25-10-8-7-9-23(25)24-12-11-21(19-26(24)30)27-13-14-28(33-27)22-15-18-32-29(31)20-22/h7-15,18-20H,3-6,16-17H2,1-2H3. The lowest BCUT2D eigenvalue weighted by Gasteiger charge is -2.33. The Hall–Kier alpha value is -2.42. The molecule has 168 valence electrons. The van der Waals surface area contributed by atoms with E-state index in [-0.39, 0.29) is 5.41 Å². The maximum absolute atomic E-state index is 6.13. The van der Waals surface area contributed by atoms with Crippen LogP contribution in [-0.2, 0) is 5.41 Å². The van der Waals surface area contributed by atoms with E-state index in [0.29, 0.717) is 5.15 Å². The molecule has 0 saturated carbocycles. The minimum absolute atomic E-state index is 0.132. The molecule has 33 heavy (non-hydrogen) atoms. The number of hydrogen-bond acceptors (Lipinski definition) is 2. The molecule has 0 aliphatic heterocycles. The van der Waals surface area contributed by atoms with Crippen LogP contribution in [0.5, 0.6) is 0 Å². The summed E-state index contributed by atoms with van der Waals surface area (Å²) in [5.41, 5.74) is 8.51. The molecule has 2 aromatic carbocycles. The summed E-state index contributed by atoms with van der Waals surface area (Å²) in [7, 11) is 0. The van der Waals surface area contributed by atoms with E-state index in [9.17, 15) is 0 Å². The van der Waals surface area contributed by atoms with E-state index in [0.717, 1.165) is 5.56 Å². The number of rotatable bonds is 8. The highest BCUT2D eigenvalue weighted by Crippen LogP contribution is 2.55. The molecule has 0 spiro atoms. The molecular formula is C30H30ClNS. The second-order valence-corrected chi connectivity index (χ2v) is 10.6. The van der Waals surface area contributed by atoms with Crippen LogP contribution in [0, 0.1) is 0 Å². The zero-order chi connectivity index (χ0) is 22.8. The van der Waals surface area contributed by atoms with Gasteiger partial charge in [0.05, 0.1) is 0 Å². The number of benzene rings is 2. The number of unbranched alkanes of at least 4 members (excludes halogenated alkanes) is 2. The predicted molar refractivity (Wildman–Crippen MR) is 143 cm³/mol. The third kappa shape index (κ3) is 4.05. The van der Waals surface area contributed by atoms with Crippen LogP contribution in [0.15, 0.2) is 72.9 Å². The highest BCUT2D eigenvalue weighted by molar-refractivity contribution is 7.18. The fourth-order valence-corrected chi connectivity index (χ4v) is 6.61. The predicted octanol–water partition coefficient (Wildman–Crippen LogP) is 9.78. The van der Waals surface area contributed by atoms with Crippen molar-refractivity contribution in [3.8, 4) is 32.0 Å². The van der Waals surface area contributed by atoms with Gasteiger partial charge in [0.15, 0.2) is 0 Å². The molecule has 0 fully saturated rings. The lowest BCUT2D eigenvalue weighted by molar-refractivity contribution is 0.414. The fraction of sp³-hybridized carbons (Fsp3) is 0.300. The van der Waals surface area contributed by atoms with Gasteiger partial charge in [-0.1, -0.05) is 87.5 Å². The molecule has 0 unspecified atom stereocenters. The minimum Gasteiger partial charge on any atom is -0.245 e. The SMILES string of the molecule is CCCCC1(CCCC)c2ccccc2-c2ccc(-c3ccc(-c4ccnc(Cl)c4)s3)cc21. The van der Waals surface area contributed by atoms with Gasteiger partial charge in [-0.25, -0.2) is 4.98 Å². The van der Waals surface area contributed by atoms with Crippen molar-refractivity contribution >= 4 is 22.9 Å². The number of nitrogens with zero attached hydrogens (tertiary/aromatic N) is 1. The number of halogens is 1. The van der Waals surface area contributed by atoms with E-state index in [2.05, 4.69) is 73.4 Å². The van der Waals surface area contributed by atoms with Gasteiger partial charge in [0.25, 0.3) is 0 Å². The molecule has 1 aliphatic rings. The Morgan fingerprint density at radius 1 is 0.758 bits per heavy atom. The first-order valence-corrected chi connectivity index (χ1v) is 13.3. The van der Waals surface area contributed by atoms with Crippen LogP contribution in [-0.4, -0.2) is 4.98 Å². The van der Waals surface area contributed by atoms with Crippen molar-refractivity contribution in [1.29, 1.82) is 0 Å². The van der Waals surface area contributed by atoms with Crippen molar-refractivity contribution in [1.82, 2.24) is 4.98 Å². The third-order valence-corrected chi connectivity index (χ3v) is 8.47. The van der Waals surface area contributed by atoms with Crippen molar-refractivity contribution in [2.45, 2.75) is 57.8 Å². The monoisotopic (exact) mass is 471 g/mol. The molecule has 0 radical (unpaired) electrons. The van der Waals surface area contributed by atoms with Crippen molar-refractivity contribution in [3.63, 3.8) is 0 Å². The molecule has 0 N–H and O–H groups in total. The Kier molecular flexibility index (Phi) is 6.40. The molecule has 0 saturated heterocycles. The van der Waals surface area contributed by atoms with E-state index in [1.54, 1.807) is 6.20 Å². The fourth-order valence-electron chi connectivity index (χ4n) is 5.43. The average Bonchev–Trinajstić information content (AvgIpc) is 3.44. The largest absolute Gasteiger partial charge is 0.245 e. The van der Waals surface area contributed by atoms with E-state index >= 15 is 0 Å². The molecular weight excluding hydrogens is 442 g/mol. The number of fused-ring (bicyclic) bond motifs is 3. The van der Waals surface area contributed by atoms with Gasteiger partial charge in [0, 0.05) is 21.4 Å². The second kappa shape index (κ2) is 9.44. The van der Waals surface area contributed by atoms with Gasteiger partial charge in [-0.2, -0.15) is 0 Å². The Morgan fingerprint density at radius 3 is 2.12 bits per heavy atom. The molecule has 3 heteroatoms. The zero-order valence-electron chi connectivity index (χ0n) is 19.4. The summed E-state index contributed by atoms with van der Waals surface area (Å²) in [6, 6.07) is 24.7. The van der Waals surface area contributed by atoms with E-state index < -0.39 is 0 Å². The number of thiophene rings is 1. The molecule has 5 rings (SSSR count). The van der Waals surface area contributed by atoms with Crippen LogP contribution < -0.4 is 0 Å². The summed E-state index contributed by atoms with van der Waals surface area (Å²) in [4.78, 5) is 6.65. The van der Waals surface area contributed by atoms with Crippen LogP contribution in [0.25, 0.3) is 32.0 Å². The smallest absolute Gasteiger partial charge is 0.129 e. The van der Waals surface area contributed by atoms with Gasteiger partial charge in [-0.3, -0.25) is 0 Å². The number of hydrogen-bond donors (Lipinski definition) is 0. The quantitative estimate of drug-likeness (QED) is 0.233. The highest BCUT2D eigenvalue weighted by atomic mass is 35.5. The van der Waals surface area contributed by atoms with Crippen LogP contribution in [0.2, 0.25) is 5.15 Å². The van der Waals surface area contributed by atoms with Gasteiger partial charge < -0.3 is 0 Å². The Balaban J connectivity index is 1.60. The molecule has 2 heterocycles. The minimum atomic E-state index is 0.132. The van der Waals surface area contributed by atoms with Crippen molar-refractivity contribution in [2.75, 3.05) is 0 Å².